The second kappa shape index (κ2) is 13.5. The number of benzene rings is 2. The van der Waals surface area contributed by atoms with Gasteiger partial charge in [0, 0.05) is 65.9 Å². The molecular weight excluding hydrogens is 572 g/mol. The Morgan fingerprint density at radius 3 is 2.55 bits per heavy atom. The number of aromatic nitrogens is 1. The van der Waals surface area contributed by atoms with Crippen LogP contribution in [0.4, 0.5) is 10.5 Å². The van der Waals surface area contributed by atoms with Crippen LogP contribution in [0.3, 0.4) is 0 Å². The largest absolute Gasteiger partial charge is 0.361 e. The van der Waals surface area contributed by atoms with Crippen molar-refractivity contribution >= 4 is 40.1 Å². The van der Waals surface area contributed by atoms with E-state index < -0.39 is 6.04 Å². The smallest absolute Gasteiger partial charge is 0.318 e. The Balaban J connectivity index is 1.27. The van der Waals surface area contributed by atoms with Crippen LogP contribution < -0.4 is 10.2 Å². The van der Waals surface area contributed by atoms with Gasteiger partial charge in [-0.25, -0.2) is 4.79 Å². The number of urea groups is 1. The minimum Gasteiger partial charge on any atom is -0.361 e. The van der Waals surface area contributed by atoms with E-state index in [1.54, 1.807) is 0 Å². The molecule has 2 N–H and O–H groups in total. The fourth-order valence-electron chi connectivity index (χ4n) is 7.72. The van der Waals surface area contributed by atoms with Gasteiger partial charge in [-0.05, 0) is 101 Å². The molecule has 2 aromatic carbocycles. The number of fused-ring (bicyclic) bond motifs is 2. The van der Waals surface area contributed by atoms with Gasteiger partial charge in [-0.3, -0.25) is 4.79 Å². The highest BCUT2D eigenvalue weighted by Crippen LogP contribution is 2.35. The lowest BCUT2D eigenvalue weighted by Crippen LogP contribution is -2.57. The number of hydrogen-bond acceptors (Lipinski definition) is 4. The summed E-state index contributed by atoms with van der Waals surface area (Å²) in [5, 5.41) is 5.01. The first-order valence-electron chi connectivity index (χ1n) is 16.4. The zero-order chi connectivity index (χ0) is 30.8. The van der Waals surface area contributed by atoms with Crippen molar-refractivity contribution in [2.45, 2.75) is 63.5 Å². The molecule has 44 heavy (non-hydrogen) atoms. The van der Waals surface area contributed by atoms with E-state index in [4.69, 9.17) is 11.6 Å². The summed E-state index contributed by atoms with van der Waals surface area (Å²) in [7, 11) is 4.13. The number of rotatable bonds is 7. The summed E-state index contributed by atoms with van der Waals surface area (Å²) in [6.07, 6.45) is 8.69. The maximum atomic E-state index is 14.8. The average molecular weight is 619 g/mol. The first-order valence-corrected chi connectivity index (χ1v) is 16.8. The van der Waals surface area contributed by atoms with Gasteiger partial charge in [0.15, 0.2) is 0 Å². The molecule has 8 nitrogen and oxygen atoms in total. The van der Waals surface area contributed by atoms with Gasteiger partial charge in [0.25, 0.3) is 0 Å². The molecular formula is C35H47ClN6O2. The van der Waals surface area contributed by atoms with Gasteiger partial charge in [0.05, 0.1) is 0 Å². The second-order valence-corrected chi connectivity index (χ2v) is 13.8. The predicted octanol–water partition coefficient (Wildman–Crippen LogP) is 5.72. The van der Waals surface area contributed by atoms with Crippen LogP contribution in [0.2, 0.25) is 5.02 Å². The number of hydrogen-bond donors (Lipinski definition) is 2. The monoisotopic (exact) mass is 618 g/mol. The molecule has 1 aromatic heterocycles. The van der Waals surface area contributed by atoms with Crippen molar-refractivity contribution in [2.24, 2.45) is 5.92 Å². The average Bonchev–Trinajstić information content (AvgIpc) is 3.47. The molecule has 0 saturated carbocycles. The highest BCUT2D eigenvalue weighted by molar-refractivity contribution is 6.30. The number of para-hydroxylation sites is 1. The van der Waals surface area contributed by atoms with Gasteiger partial charge in [0.1, 0.15) is 6.04 Å². The number of nitrogens with zero attached hydrogens (tertiary/aromatic N) is 4. The van der Waals surface area contributed by atoms with Gasteiger partial charge in [-0.1, -0.05) is 43.1 Å². The van der Waals surface area contributed by atoms with Crippen molar-refractivity contribution < 1.29 is 9.59 Å². The number of carbonyl (C=O) groups is 2. The molecule has 6 rings (SSSR count). The van der Waals surface area contributed by atoms with Crippen molar-refractivity contribution in [1.29, 1.82) is 0 Å². The third-order valence-electron chi connectivity index (χ3n) is 9.99. The van der Waals surface area contributed by atoms with Crippen LogP contribution >= 0.6 is 11.6 Å². The minimum atomic E-state index is -0.733. The Hall–Kier alpha value is -3.07. The Labute approximate surface area is 266 Å². The predicted molar refractivity (Wildman–Crippen MR) is 179 cm³/mol. The van der Waals surface area contributed by atoms with Crippen LogP contribution in [0.5, 0.6) is 0 Å². The van der Waals surface area contributed by atoms with Gasteiger partial charge >= 0.3 is 6.03 Å². The summed E-state index contributed by atoms with van der Waals surface area (Å²) in [5.74, 6) is -0.0710. The normalized spacial score (nSPS) is 21.3. The van der Waals surface area contributed by atoms with Crippen LogP contribution in [0.15, 0.2) is 48.7 Å². The zero-order valence-corrected chi connectivity index (χ0v) is 27.2. The SMILES string of the molecule is CC(c1c[nH]c2ccccc12)C(NC(=O)N1CCC(N2CCCCC2)CC1)C(=O)N1C[C@@H](CN(C)C)Cc2cc(Cl)ccc21. The molecule has 0 spiro atoms. The fourth-order valence-corrected chi connectivity index (χ4v) is 7.92. The molecule has 3 aliphatic heterocycles. The molecule has 2 saturated heterocycles. The van der Waals surface area contributed by atoms with E-state index in [0.717, 1.165) is 53.5 Å². The number of H-pyrrole nitrogens is 1. The molecule has 2 unspecified atom stereocenters. The highest BCUT2D eigenvalue weighted by Gasteiger charge is 2.38. The molecule has 4 heterocycles. The Bertz CT molecular complexity index is 1460. The van der Waals surface area contributed by atoms with Gasteiger partial charge in [-0.2, -0.15) is 0 Å². The van der Waals surface area contributed by atoms with E-state index >= 15 is 0 Å². The van der Waals surface area contributed by atoms with Gasteiger partial charge in [-0.15, -0.1) is 0 Å². The number of piperidine rings is 2. The lowest BCUT2D eigenvalue weighted by atomic mass is 9.88. The molecule has 3 atom stereocenters. The van der Waals surface area contributed by atoms with Crippen LogP contribution in [0.25, 0.3) is 10.9 Å². The third-order valence-corrected chi connectivity index (χ3v) is 10.2. The minimum absolute atomic E-state index is 0.0774. The first-order chi connectivity index (χ1) is 21.3. The van der Waals surface area contributed by atoms with E-state index in [0.29, 0.717) is 30.7 Å². The van der Waals surface area contributed by atoms with E-state index in [-0.39, 0.29) is 23.8 Å². The topological polar surface area (TPSA) is 74.9 Å². The summed E-state index contributed by atoms with van der Waals surface area (Å²) >= 11 is 6.43. The van der Waals surface area contributed by atoms with Crippen molar-refractivity contribution in [3.63, 3.8) is 0 Å². The highest BCUT2D eigenvalue weighted by atomic mass is 35.5. The van der Waals surface area contributed by atoms with E-state index in [1.807, 2.05) is 52.4 Å². The van der Waals surface area contributed by atoms with Crippen molar-refractivity contribution in [1.82, 2.24) is 25.0 Å². The maximum absolute atomic E-state index is 14.8. The van der Waals surface area contributed by atoms with Gasteiger partial charge < -0.3 is 29.9 Å². The van der Waals surface area contributed by atoms with Crippen molar-refractivity contribution in [2.75, 3.05) is 58.3 Å². The van der Waals surface area contributed by atoms with E-state index in [2.05, 4.69) is 47.2 Å². The standard InChI is InChI=1S/C35H47ClN6O2/c1-24(30-21-37-31-10-6-5-9-29(30)31)33(38-35(44)41-17-13-28(14-18-41)40-15-7-4-8-16-40)34(43)42-23-25(22-39(2)3)19-26-20-27(36)11-12-32(26)42/h5-6,9-12,20-21,24-25,28,33,37H,4,7-8,13-19,22-23H2,1-3H3,(H,38,44)/t24?,25-,33?/m1/s1. The summed E-state index contributed by atoms with van der Waals surface area (Å²) in [4.78, 5) is 40.7. The van der Waals surface area contributed by atoms with E-state index in [9.17, 15) is 9.59 Å². The number of aromatic amines is 1. The molecule has 3 amide bonds. The zero-order valence-electron chi connectivity index (χ0n) is 26.4. The van der Waals surface area contributed by atoms with Crippen LogP contribution in [0, 0.1) is 5.92 Å². The van der Waals surface area contributed by atoms with Crippen LogP contribution in [0.1, 0.15) is 56.1 Å². The Morgan fingerprint density at radius 2 is 1.80 bits per heavy atom. The van der Waals surface area contributed by atoms with Crippen LogP contribution in [-0.4, -0.2) is 97.1 Å². The lowest BCUT2D eigenvalue weighted by Gasteiger charge is -2.41. The van der Waals surface area contributed by atoms with Crippen molar-refractivity contribution in [3.05, 3.63) is 64.8 Å². The van der Waals surface area contributed by atoms with Crippen molar-refractivity contribution in [3.8, 4) is 0 Å². The maximum Gasteiger partial charge on any atom is 0.318 e. The Morgan fingerprint density at radius 1 is 1.05 bits per heavy atom. The van der Waals surface area contributed by atoms with Gasteiger partial charge in [0.2, 0.25) is 5.91 Å². The fraction of sp³-hybridized carbons (Fsp3) is 0.543. The summed E-state index contributed by atoms with van der Waals surface area (Å²) in [5.41, 5.74) is 4.02. The van der Waals surface area contributed by atoms with E-state index in [1.165, 1.54) is 32.4 Å². The molecule has 0 bridgehead atoms. The number of nitrogens with one attached hydrogen (secondary N) is 2. The number of anilines is 1. The van der Waals surface area contributed by atoms with Crippen LogP contribution in [-0.2, 0) is 11.2 Å². The first kappa shape index (κ1) is 30.9. The molecule has 9 heteroatoms. The Kier molecular flexibility index (Phi) is 9.50. The number of halogens is 1. The summed E-state index contributed by atoms with van der Waals surface area (Å²) in [6, 6.07) is 13.6. The third kappa shape index (κ3) is 6.63. The molecule has 0 aliphatic carbocycles. The summed E-state index contributed by atoms with van der Waals surface area (Å²) in [6.45, 7) is 7.29. The molecule has 2 fully saturated rings. The number of likely N-dealkylation sites (tertiary alicyclic amines) is 2. The number of carbonyl (C=O) groups excluding carboxylic acids is 2. The molecule has 236 valence electrons. The molecule has 3 aromatic rings. The number of amides is 3. The lowest BCUT2D eigenvalue weighted by molar-refractivity contribution is -0.121. The summed E-state index contributed by atoms with van der Waals surface area (Å²) < 4.78 is 0. The quantitative estimate of drug-likeness (QED) is 0.355. The molecule has 3 aliphatic rings. The molecule has 0 radical (unpaired) electrons. The second-order valence-electron chi connectivity index (χ2n) is 13.4.